The van der Waals surface area contributed by atoms with E-state index in [9.17, 15) is 14.4 Å². The Morgan fingerprint density at radius 1 is 1.07 bits per heavy atom. The number of carbonyl (C=O) groups is 3. The fourth-order valence-corrected chi connectivity index (χ4v) is 3.59. The van der Waals surface area contributed by atoms with Crippen LogP contribution in [0.2, 0.25) is 0 Å². The predicted molar refractivity (Wildman–Crippen MR) is 112 cm³/mol. The molecule has 29 heavy (non-hydrogen) atoms. The maximum absolute atomic E-state index is 12.2. The Balaban J connectivity index is 1.31. The summed E-state index contributed by atoms with van der Waals surface area (Å²) in [4.78, 5) is 41.1. The molecule has 3 N–H and O–H groups in total. The molecule has 1 aliphatic rings. The van der Waals surface area contributed by atoms with Gasteiger partial charge in [0, 0.05) is 48.0 Å². The average Bonchev–Trinajstić information content (AvgIpc) is 3.34. The molecule has 1 aliphatic heterocycles. The molecular weight excluding hydrogens is 368 g/mol. The Hall–Kier alpha value is -3.61. The lowest BCUT2D eigenvalue weighted by molar-refractivity contribution is -0.136. The van der Waals surface area contributed by atoms with E-state index in [1.54, 1.807) is 23.1 Å². The van der Waals surface area contributed by atoms with Gasteiger partial charge in [-0.15, -0.1) is 0 Å². The fraction of sp³-hybridized carbons (Fsp3) is 0.227. The third kappa shape index (κ3) is 4.13. The molecule has 1 saturated heterocycles. The second kappa shape index (κ2) is 8.18. The minimum atomic E-state index is -0.728. The Morgan fingerprint density at radius 2 is 1.93 bits per heavy atom. The van der Waals surface area contributed by atoms with Gasteiger partial charge >= 0.3 is 11.8 Å². The van der Waals surface area contributed by atoms with Crippen LogP contribution in [0.3, 0.4) is 0 Å². The van der Waals surface area contributed by atoms with Gasteiger partial charge in [-0.05, 0) is 42.7 Å². The monoisotopic (exact) mass is 390 g/mol. The number of para-hydroxylation sites is 1. The molecule has 2 heterocycles. The summed E-state index contributed by atoms with van der Waals surface area (Å²) in [6.45, 7) is 1.03. The van der Waals surface area contributed by atoms with E-state index in [1.807, 2.05) is 36.5 Å². The normalized spacial score (nSPS) is 13.7. The molecule has 7 nitrogen and oxygen atoms in total. The number of amides is 3. The summed E-state index contributed by atoms with van der Waals surface area (Å²) in [5.41, 5.74) is 3.34. The number of H-pyrrole nitrogens is 1. The number of nitrogens with one attached hydrogen (secondary N) is 3. The van der Waals surface area contributed by atoms with Gasteiger partial charge in [0.25, 0.3) is 0 Å². The second-order valence-electron chi connectivity index (χ2n) is 7.02. The highest BCUT2D eigenvalue weighted by molar-refractivity contribution is 6.39. The van der Waals surface area contributed by atoms with Crippen LogP contribution in [0.4, 0.5) is 11.4 Å². The van der Waals surface area contributed by atoms with Crippen molar-refractivity contribution < 1.29 is 14.4 Å². The topological polar surface area (TPSA) is 94.3 Å². The van der Waals surface area contributed by atoms with Gasteiger partial charge in [-0.1, -0.05) is 24.3 Å². The van der Waals surface area contributed by atoms with Gasteiger partial charge in [-0.3, -0.25) is 14.4 Å². The van der Waals surface area contributed by atoms with Gasteiger partial charge in [0.05, 0.1) is 0 Å². The largest absolute Gasteiger partial charge is 0.361 e. The second-order valence-corrected chi connectivity index (χ2v) is 7.02. The van der Waals surface area contributed by atoms with Gasteiger partial charge in [0.15, 0.2) is 0 Å². The van der Waals surface area contributed by atoms with Gasteiger partial charge in [0.1, 0.15) is 0 Å². The number of benzene rings is 2. The van der Waals surface area contributed by atoms with Crippen LogP contribution < -0.4 is 15.5 Å². The van der Waals surface area contributed by atoms with Crippen LogP contribution >= 0.6 is 0 Å². The van der Waals surface area contributed by atoms with Crippen LogP contribution in [0.5, 0.6) is 0 Å². The quantitative estimate of drug-likeness (QED) is 0.585. The number of hydrogen-bond acceptors (Lipinski definition) is 3. The van der Waals surface area contributed by atoms with Crippen LogP contribution in [0.15, 0.2) is 54.7 Å². The van der Waals surface area contributed by atoms with Crippen molar-refractivity contribution in [2.75, 3.05) is 23.3 Å². The van der Waals surface area contributed by atoms with Crippen LogP contribution in [-0.2, 0) is 20.8 Å². The Labute approximate surface area is 168 Å². The van der Waals surface area contributed by atoms with Crippen LogP contribution in [-0.4, -0.2) is 35.8 Å². The number of hydrogen-bond donors (Lipinski definition) is 3. The number of rotatable bonds is 5. The molecule has 0 aliphatic carbocycles. The van der Waals surface area contributed by atoms with Crippen molar-refractivity contribution in [3.05, 3.63) is 60.3 Å². The maximum atomic E-state index is 12.2. The molecule has 148 valence electrons. The number of carbonyl (C=O) groups excluding carboxylic acids is 3. The van der Waals surface area contributed by atoms with E-state index < -0.39 is 11.8 Å². The highest BCUT2D eigenvalue weighted by atomic mass is 16.2. The van der Waals surface area contributed by atoms with E-state index in [0.717, 1.165) is 28.6 Å². The maximum Gasteiger partial charge on any atom is 0.313 e. The third-order valence-corrected chi connectivity index (χ3v) is 5.05. The van der Waals surface area contributed by atoms with Gasteiger partial charge in [-0.25, -0.2) is 0 Å². The summed E-state index contributed by atoms with van der Waals surface area (Å²) in [5, 5.41) is 6.36. The predicted octanol–water partition coefficient (Wildman–Crippen LogP) is 2.59. The molecular formula is C22H22N4O3. The molecule has 4 rings (SSSR count). The lowest BCUT2D eigenvalue weighted by Gasteiger charge is -2.16. The van der Waals surface area contributed by atoms with E-state index in [0.29, 0.717) is 31.6 Å². The fourth-order valence-electron chi connectivity index (χ4n) is 3.59. The standard InChI is InChI=1S/C22H22N4O3/c27-20-9-4-12-26(20)17-6-3-5-16(13-17)25-22(29)21(28)23-11-10-15-14-24-19-8-2-1-7-18(15)19/h1-3,5-8,13-14,24H,4,9-12H2,(H,23,28)(H,25,29). The van der Waals surface area contributed by atoms with Crippen molar-refractivity contribution in [1.82, 2.24) is 10.3 Å². The Bertz CT molecular complexity index is 1070. The van der Waals surface area contributed by atoms with Crippen molar-refractivity contribution in [3.63, 3.8) is 0 Å². The van der Waals surface area contributed by atoms with E-state index in [-0.39, 0.29) is 5.91 Å². The molecule has 0 atom stereocenters. The molecule has 1 fully saturated rings. The highest BCUT2D eigenvalue weighted by Crippen LogP contribution is 2.24. The van der Waals surface area contributed by atoms with Crippen molar-refractivity contribution in [2.45, 2.75) is 19.3 Å². The Morgan fingerprint density at radius 3 is 2.76 bits per heavy atom. The lowest BCUT2D eigenvalue weighted by Crippen LogP contribution is -2.36. The molecule has 0 spiro atoms. The van der Waals surface area contributed by atoms with E-state index in [2.05, 4.69) is 15.6 Å². The zero-order valence-corrected chi connectivity index (χ0v) is 15.9. The van der Waals surface area contributed by atoms with E-state index >= 15 is 0 Å². The third-order valence-electron chi connectivity index (χ3n) is 5.05. The van der Waals surface area contributed by atoms with Gasteiger partial charge in [0.2, 0.25) is 5.91 Å². The number of aromatic amines is 1. The number of aromatic nitrogens is 1. The molecule has 3 aromatic rings. The smallest absolute Gasteiger partial charge is 0.313 e. The zero-order chi connectivity index (χ0) is 20.2. The SMILES string of the molecule is O=C(NCCc1c[nH]c2ccccc12)C(=O)Nc1cccc(N2CCCC2=O)c1. The molecule has 7 heteroatoms. The van der Waals surface area contributed by atoms with Crippen molar-refractivity contribution in [2.24, 2.45) is 0 Å². The minimum Gasteiger partial charge on any atom is -0.361 e. The average molecular weight is 390 g/mol. The molecule has 0 radical (unpaired) electrons. The summed E-state index contributed by atoms with van der Waals surface area (Å²) in [6.07, 6.45) is 3.90. The first-order chi connectivity index (χ1) is 14.1. The van der Waals surface area contributed by atoms with Gasteiger partial charge < -0.3 is 20.5 Å². The molecule has 1 aromatic heterocycles. The van der Waals surface area contributed by atoms with E-state index in [4.69, 9.17) is 0 Å². The highest BCUT2D eigenvalue weighted by Gasteiger charge is 2.22. The molecule has 3 amide bonds. The number of anilines is 2. The molecule has 0 bridgehead atoms. The summed E-state index contributed by atoms with van der Waals surface area (Å²) < 4.78 is 0. The zero-order valence-electron chi connectivity index (χ0n) is 15.9. The summed E-state index contributed by atoms with van der Waals surface area (Å²) in [5.74, 6) is -1.34. The molecule has 2 aromatic carbocycles. The van der Waals surface area contributed by atoms with Crippen molar-refractivity contribution in [1.29, 1.82) is 0 Å². The summed E-state index contributed by atoms with van der Waals surface area (Å²) in [6, 6.07) is 14.9. The van der Waals surface area contributed by atoms with Crippen LogP contribution in [0.25, 0.3) is 10.9 Å². The van der Waals surface area contributed by atoms with Crippen LogP contribution in [0, 0.1) is 0 Å². The first-order valence-corrected chi connectivity index (χ1v) is 9.66. The van der Waals surface area contributed by atoms with Crippen LogP contribution in [0.1, 0.15) is 18.4 Å². The van der Waals surface area contributed by atoms with Crippen molar-refractivity contribution >= 4 is 40.0 Å². The number of nitrogens with zero attached hydrogens (tertiary/aromatic N) is 1. The Kier molecular flexibility index (Phi) is 5.29. The summed E-state index contributed by atoms with van der Waals surface area (Å²) in [7, 11) is 0. The minimum absolute atomic E-state index is 0.0727. The van der Waals surface area contributed by atoms with Crippen molar-refractivity contribution in [3.8, 4) is 0 Å². The molecule has 0 saturated carbocycles. The lowest BCUT2D eigenvalue weighted by atomic mass is 10.1. The number of fused-ring (bicyclic) bond motifs is 1. The molecule has 0 unspecified atom stereocenters. The first-order valence-electron chi connectivity index (χ1n) is 9.66. The van der Waals surface area contributed by atoms with Gasteiger partial charge in [-0.2, -0.15) is 0 Å². The first kappa shape index (κ1) is 18.7. The van der Waals surface area contributed by atoms with E-state index in [1.165, 1.54) is 0 Å². The summed E-state index contributed by atoms with van der Waals surface area (Å²) >= 11 is 0.